The van der Waals surface area contributed by atoms with Crippen molar-refractivity contribution in [3.8, 4) is 5.75 Å². The van der Waals surface area contributed by atoms with Gasteiger partial charge in [-0.05, 0) is 43.9 Å². The van der Waals surface area contributed by atoms with Crippen LogP contribution in [0.2, 0.25) is 0 Å². The first-order valence-corrected chi connectivity index (χ1v) is 9.30. The molecule has 0 radical (unpaired) electrons. The second-order valence-electron chi connectivity index (χ2n) is 7.57. The van der Waals surface area contributed by atoms with E-state index in [4.69, 9.17) is 4.74 Å². The van der Waals surface area contributed by atoms with Crippen LogP contribution in [0.4, 0.5) is 0 Å². The molecule has 0 bridgehead atoms. The second-order valence-corrected chi connectivity index (χ2v) is 7.57. The lowest BCUT2D eigenvalue weighted by Crippen LogP contribution is -2.55. The maximum Gasteiger partial charge on any atom is 0.257 e. The van der Waals surface area contributed by atoms with Crippen LogP contribution in [0.25, 0.3) is 0 Å². The molecule has 0 aromatic heterocycles. The van der Waals surface area contributed by atoms with Gasteiger partial charge >= 0.3 is 0 Å². The first kappa shape index (κ1) is 18.7. The summed E-state index contributed by atoms with van der Waals surface area (Å²) in [6, 6.07) is 5.65. The van der Waals surface area contributed by atoms with Gasteiger partial charge in [0.15, 0.2) is 0 Å². The lowest BCUT2D eigenvalue weighted by Gasteiger charge is -2.48. The van der Waals surface area contributed by atoms with Crippen LogP contribution in [0.5, 0.6) is 5.75 Å². The number of aliphatic hydroxyl groups excluding tert-OH is 1. The van der Waals surface area contributed by atoms with Crippen LogP contribution in [0, 0.1) is 12.3 Å². The number of benzene rings is 1. The third kappa shape index (κ3) is 3.70. The van der Waals surface area contributed by atoms with E-state index >= 15 is 0 Å². The standard InChI is InChI=1S/C20H28N2O4/c1-15-4-5-16(17(12-15)26-2)19(25)22-9-3-7-20(14-22)8-6-18(24)21(13-20)10-11-23/h4-5,12,23H,3,6-11,13-14H2,1-2H3. The molecule has 1 spiro atoms. The molecule has 2 fully saturated rings. The zero-order valence-electron chi connectivity index (χ0n) is 15.7. The lowest BCUT2D eigenvalue weighted by atomic mass is 9.73. The predicted molar refractivity (Wildman–Crippen MR) is 98.2 cm³/mol. The summed E-state index contributed by atoms with van der Waals surface area (Å²) in [4.78, 5) is 28.9. The van der Waals surface area contributed by atoms with Gasteiger partial charge in [0, 0.05) is 38.0 Å². The van der Waals surface area contributed by atoms with Gasteiger partial charge in [-0.25, -0.2) is 0 Å². The molecule has 2 saturated heterocycles. The van der Waals surface area contributed by atoms with Crippen LogP contribution in [-0.4, -0.2) is 66.6 Å². The molecule has 1 aromatic rings. The third-order valence-corrected chi connectivity index (χ3v) is 5.65. The molecule has 0 aliphatic carbocycles. The van der Waals surface area contributed by atoms with E-state index in [2.05, 4.69) is 0 Å². The number of hydrogen-bond donors (Lipinski definition) is 1. The predicted octanol–water partition coefficient (Wildman–Crippen LogP) is 1.84. The Hall–Kier alpha value is -2.08. The van der Waals surface area contributed by atoms with Gasteiger partial charge in [0.2, 0.25) is 5.91 Å². The summed E-state index contributed by atoms with van der Waals surface area (Å²) in [5.41, 5.74) is 1.59. The zero-order valence-corrected chi connectivity index (χ0v) is 15.7. The maximum absolute atomic E-state index is 13.1. The fourth-order valence-electron chi connectivity index (χ4n) is 4.29. The van der Waals surface area contributed by atoms with Gasteiger partial charge in [0.25, 0.3) is 5.91 Å². The summed E-state index contributed by atoms with van der Waals surface area (Å²) < 4.78 is 5.41. The van der Waals surface area contributed by atoms with Gasteiger partial charge in [-0.1, -0.05) is 6.07 Å². The molecule has 6 nitrogen and oxygen atoms in total. The highest BCUT2D eigenvalue weighted by atomic mass is 16.5. The summed E-state index contributed by atoms with van der Waals surface area (Å²) in [7, 11) is 1.59. The summed E-state index contributed by atoms with van der Waals surface area (Å²) in [6.45, 7) is 4.33. The molecule has 2 aliphatic heterocycles. The van der Waals surface area contributed by atoms with Crippen LogP contribution in [0.15, 0.2) is 18.2 Å². The van der Waals surface area contributed by atoms with Crippen molar-refractivity contribution >= 4 is 11.8 Å². The number of likely N-dealkylation sites (tertiary alicyclic amines) is 2. The molecule has 2 heterocycles. The first-order chi connectivity index (χ1) is 12.5. The van der Waals surface area contributed by atoms with Crippen LogP contribution in [0.1, 0.15) is 41.6 Å². The van der Waals surface area contributed by atoms with Crippen molar-refractivity contribution in [2.24, 2.45) is 5.41 Å². The van der Waals surface area contributed by atoms with E-state index in [-0.39, 0.29) is 23.8 Å². The van der Waals surface area contributed by atoms with Gasteiger partial charge in [-0.2, -0.15) is 0 Å². The minimum atomic E-state index is -0.0606. The monoisotopic (exact) mass is 360 g/mol. The number of aliphatic hydroxyl groups is 1. The quantitative estimate of drug-likeness (QED) is 0.889. The van der Waals surface area contributed by atoms with Crippen molar-refractivity contribution < 1.29 is 19.4 Å². The largest absolute Gasteiger partial charge is 0.496 e. The topological polar surface area (TPSA) is 70.1 Å². The minimum absolute atomic E-state index is 0.00784. The fourth-order valence-corrected chi connectivity index (χ4v) is 4.29. The summed E-state index contributed by atoms with van der Waals surface area (Å²) in [5, 5.41) is 9.22. The molecule has 1 N–H and O–H groups in total. The number of ether oxygens (including phenoxy) is 1. The molecule has 2 aliphatic rings. The number of aryl methyl sites for hydroxylation is 1. The fraction of sp³-hybridized carbons (Fsp3) is 0.600. The molecule has 26 heavy (non-hydrogen) atoms. The van der Waals surface area contributed by atoms with Gasteiger partial charge in [0.1, 0.15) is 5.75 Å². The number of piperidine rings is 2. The second kappa shape index (κ2) is 7.66. The maximum atomic E-state index is 13.1. The number of amides is 2. The Labute approximate surface area is 154 Å². The number of hydrogen-bond acceptors (Lipinski definition) is 4. The Kier molecular flexibility index (Phi) is 5.51. The number of rotatable bonds is 4. The van der Waals surface area contributed by atoms with Crippen molar-refractivity contribution in [3.05, 3.63) is 29.3 Å². The molecule has 142 valence electrons. The average Bonchev–Trinajstić information content (AvgIpc) is 2.64. The first-order valence-electron chi connectivity index (χ1n) is 9.30. The highest BCUT2D eigenvalue weighted by Crippen LogP contribution is 2.39. The number of carbonyl (C=O) groups excluding carboxylic acids is 2. The van der Waals surface area contributed by atoms with E-state index in [9.17, 15) is 14.7 Å². The molecular weight excluding hydrogens is 332 g/mol. The van der Waals surface area contributed by atoms with Gasteiger partial charge in [0.05, 0.1) is 19.3 Å². The van der Waals surface area contributed by atoms with Crippen molar-refractivity contribution in [3.63, 3.8) is 0 Å². The Bertz CT molecular complexity index is 690. The summed E-state index contributed by atoms with van der Waals surface area (Å²) in [6.07, 6.45) is 3.25. The van der Waals surface area contributed by atoms with Crippen LogP contribution < -0.4 is 4.74 Å². The number of β-amino-alcohol motifs (C(OH)–C–C–N with tert-alkyl or cyclic N) is 1. The zero-order chi connectivity index (χ0) is 18.7. The van der Waals surface area contributed by atoms with Crippen molar-refractivity contribution in [1.29, 1.82) is 0 Å². The van der Waals surface area contributed by atoms with E-state index in [1.54, 1.807) is 12.0 Å². The van der Waals surface area contributed by atoms with Crippen LogP contribution in [-0.2, 0) is 4.79 Å². The van der Waals surface area contributed by atoms with Crippen LogP contribution in [0.3, 0.4) is 0 Å². The molecule has 0 saturated carbocycles. The van der Waals surface area contributed by atoms with E-state index in [0.29, 0.717) is 37.4 Å². The highest BCUT2D eigenvalue weighted by Gasteiger charge is 2.42. The molecule has 1 aromatic carbocycles. The van der Waals surface area contributed by atoms with E-state index in [0.717, 1.165) is 31.4 Å². The van der Waals surface area contributed by atoms with Gasteiger partial charge < -0.3 is 19.6 Å². The Balaban J connectivity index is 1.78. The smallest absolute Gasteiger partial charge is 0.257 e. The molecule has 2 amide bonds. The van der Waals surface area contributed by atoms with Crippen molar-refractivity contribution in [2.45, 2.75) is 32.6 Å². The summed E-state index contributed by atoms with van der Waals surface area (Å²) >= 11 is 0. The number of nitrogens with zero attached hydrogens (tertiary/aromatic N) is 2. The Morgan fingerprint density at radius 2 is 2.12 bits per heavy atom. The SMILES string of the molecule is COc1cc(C)ccc1C(=O)N1CCCC2(CCC(=O)N(CCO)C2)C1. The van der Waals surface area contributed by atoms with E-state index in [1.807, 2.05) is 30.0 Å². The minimum Gasteiger partial charge on any atom is -0.496 e. The number of methoxy groups -OCH3 is 1. The van der Waals surface area contributed by atoms with Gasteiger partial charge in [-0.15, -0.1) is 0 Å². The van der Waals surface area contributed by atoms with Crippen molar-refractivity contribution in [1.82, 2.24) is 9.80 Å². The normalized spacial score (nSPS) is 23.4. The molecular formula is C20H28N2O4. The molecule has 6 heteroatoms. The van der Waals surface area contributed by atoms with Gasteiger partial charge in [-0.3, -0.25) is 9.59 Å². The van der Waals surface area contributed by atoms with Crippen LogP contribution >= 0.6 is 0 Å². The molecule has 3 rings (SSSR count). The highest BCUT2D eigenvalue weighted by molar-refractivity contribution is 5.97. The average molecular weight is 360 g/mol. The van der Waals surface area contributed by atoms with E-state index < -0.39 is 0 Å². The van der Waals surface area contributed by atoms with Crippen molar-refractivity contribution in [2.75, 3.05) is 39.9 Å². The Morgan fingerprint density at radius 3 is 2.85 bits per heavy atom. The molecule has 1 unspecified atom stereocenters. The summed E-state index contributed by atoms with van der Waals surface area (Å²) in [5.74, 6) is 0.704. The lowest BCUT2D eigenvalue weighted by molar-refractivity contribution is -0.139. The number of carbonyl (C=O) groups is 2. The third-order valence-electron chi connectivity index (χ3n) is 5.65. The molecule has 1 atom stereocenters. The van der Waals surface area contributed by atoms with E-state index in [1.165, 1.54) is 0 Å². The Morgan fingerprint density at radius 1 is 1.31 bits per heavy atom.